The van der Waals surface area contributed by atoms with Crippen LogP contribution in [0.3, 0.4) is 0 Å². The Labute approximate surface area is 176 Å². The number of hydrogen-bond acceptors (Lipinski definition) is 2. The Kier molecular flexibility index (Phi) is 6.85. The molecular formula is C24H28F2N2O2. The predicted octanol–water partition coefficient (Wildman–Crippen LogP) is 6.10. The lowest BCUT2D eigenvalue weighted by atomic mass is 9.67. The molecule has 3 atom stereocenters. The van der Waals surface area contributed by atoms with Gasteiger partial charge < -0.3 is 5.32 Å². The lowest BCUT2D eigenvalue weighted by Gasteiger charge is -2.37. The van der Waals surface area contributed by atoms with Crippen LogP contribution >= 0.6 is 0 Å². The second-order valence-corrected chi connectivity index (χ2v) is 8.56. The Hall–Kier alpha value is -2.76. The summed E-state index contributed by atoms with van der Waals surface area (Å²) in [7, 11) is 0. The minimum atomic E-state index is -1.13. The van der Waals surface area contributed by atoms with Crippen LogP contribution in [-0.4, -0.2) is 11.9 Å². The maximum atomic E-state index is 13.7. The van der Waals surface area contributed by atoms with Crippen LogP contribution in [0, 0.1) is 29.4 Å². The van der Waals surface area contributed by atoms with Crippen molar-refractivity contribution in [1.29, 1.82) is 0 Å². The zero-order valence-electron chi connectivity index (χ0n) is 17.5. The molecule has 160 valence electrons. The molecule has 0 saturated heterocycles. The molecule has 3 rings (SSSR count). The molecule has 2 N–H and O–H groups in total. The molecule has 0 spiro atoms. The number of urea groups is 1. The highest BCUT2D eigenvalue weighted by Crippen LogP contribution is 2.44. The highest BCUT2D eigenvalue weighted by Gasteiger charge is 2.31. The number of halogens is 2. The molecule has 1 aliphatic carbocycles. The van der Waals surface area contributed by atoms with Gasteiger partial charge in [0.25, 0.3) is 5.91 Å². The van der Waals surface area contributed by atoms with Gasteiger partial charge in [0.15, 0.2) is 0 Å². The minimum absolute atomic E-state index is 0.488. The van der Waals surface area contributed by atoms with Gasteiger partial charge in [-0.2, -0.15) is 0 Å². The molecule has 2 aromatic rings. The predicted molar refractivity (Wildman–Crippen MR) is 113 cm³/mol. The summed E-state index contributed by atoms with van der Waals surface area (Å²) < 4.78 is 27.4. The second-order valence-electron chi connectivity index (χ2n) is 8.56. The van der Waals surface area contributed by atoms with Crippen molar-refractivity contribution in [3.05, 3.63) is 65.2 Å². The van der Waals surface area contributed by atoms with Crippen LogP contribution in [-0.2, 0) is 0 Å². The topological polar surface area (TPSA) is 58.2 Å². The van der Waals surface area contributed by atoms with Gasteiger partial charge in [-0.25, -0.2) is 13.6 Å². The van der Waals surface area contributed by atoms with Gasteiger partial charge in [-0.15, -0.1) is 0 Å². The van der Waals surface area contributed by atoms with Gasteiger partial charge in [-0.1, -0.05) is 45.4 Å². The zero-order valence-corrected chi connectivity index (χ0v) is 17.5. The van der Waals surface area contributed by atoms with E-state index in [1.54, 1.807) is 12.1 Å². The average molecular weight is 414 g/mol. The molecule has 2 aromatic carbocycles. The standard InChI is InChI=1S/C24H28F2N2O2/c1-14(2)18-12-7-15(3)13-19(18)16-8-10-17(11-9-16)27-24(30)28-23(29)22-20(25)5-4-6-21(22)26/h4-6,8-11,14-15,18-19H,7,12-13H2,1-3H3,(H2,27,28,29,30). The summed E-state index contributed by atoms with van der Waals surface area (Å²) in [6.45, 7) is 6.83. The van der Waals surface area contributed by atoms with E-state index < -0.39 is 29.1 Å². The molecule has 0 bridgehead atoms. The molecule has 0 aliphatic heterocycles. The quantitative estimate of drug-likeness (QED) is 0.635. The number of carbonyl (C=O) groups excluding carboxylic acids is 2. The van der Waals surface area contributed by atoms with E-state index in [9.17, 15) is 18.4 Å². The van der Waals surface area contributed by atoms with Gasteiger partial charge in [-0.05, 0) is 66.3 Å². The van der Waals surface area contributed by atoms with Crippen LogP contribution in [0.5, 0.6) is 0 Å². The molecule has 30 heavy (non-hydrogen) atoms. The Morgan fingerprint density at radius 2 is 1.63 bits per heavy atom. The Bertz CT molecular complexity index is 892. The summed E-state index contributed by atoms with van der Waals surface area (Å²) in [5.74, 6) is -0.749. The van der Waals surface area contributed by atoms with Crippen molar-refractivity contribution in [2.75, 3.05) is 5.32 Å². The molecule has 3 amide bonds. The van der Waals surface area contributed by atoms with Crippen LogP contribution in [0.4, 0.5) is 19.3 Å². The van der Waals surface area contributed by atoms with Crippen molar-refractivity contribution in [3.63, 3.8) is 0 Å². The van der Waals surface area contributed by atoms with Gasteiger partial charge in [0.1, 0.15) is 17.2 Å². The summed E-state index contributed by atoms with van der Waals surface area (Å²) in [6, 6.07) is 9.83. The molecule has 0 aromatic heterocycles. The number of carbonyl (C=O) groups is 2. The molecule has 0 radical (unpaired) electrons. The molecule has 1 aliphatic rings. The number of rotatable bonds is 4. The molecule has 1 saturated carbocycles. The van der Waals surface area contributed by atoms with Crippen molar-refractivity contribution >= 4 is 17.6 Å². The number of benzene rings is 2. The third kappa shape index (κ3) is 5.04. The zero-order chi connectivity index (χ0) is 21.8. The Morgan fingerprint density at radius 3 is 2.23 bits per heavy atom. The van der Waals surface area contributed by atoms with Crippen molar-refractivity contribution in [2.45, 2.75) is 46.0 Å². The molecule has 1 fully saturated rings. The van der Waals surface area contributed by atoms with Crippen LogP contribution in [0.1, 0.15) is 61.9 Å². The van der Waals surface area contributed by atoms with Gasteiger partial charge in [0.2, 0.25) is 0 Å². The third-order valence-corrected chi connectivity index (χ3v) is 6.04. The highest BCUT2D eigenvalue weighted by molar-refractivity contribution is 6.08. The van der Waals surface area contributed by atoms with Crippen LogP contribution < -0.4 is 10.6 Å². The average Bonchev–Trinajstić information content (AvgIpc) is 2.68. The normalized spacial score (nSPS) is 21.3. The lowest BCUT2D eigenvalue weighted by Crippen LogP contribution is -2.35. The van der Waals surface area contributed by atoms with E-state index in [4.69, 9.17) is 0 Å². The minimum Gasteiger partial charge on any atom is -0.308 e. The first kappa shape index (κ1) is 21.9. The third-order valence-electron chi connectivity index (χ3n) is 6.04. The number of hydrogen-bond donors (Lipinski definition) is 2. The van der Waals surface area contributed by atoms with E-state index >= 15 is 0 Å². The van der Waals surface area contributed by atoms with Crippen molar-refractivity contribution in [1.82, 2.24) is 5.32 Å². The van der Waals surface area contributed by atoms with Crippen molar-refractivity contribution < 1.29 is 18.4 Å². The van der Waals surface area contributed by atoms with Gasteiger partial charge >= 0.3 is 6.03 Å². The first-order chi connectivity index (χ1) is 14.3. The fourth-order valence-corrected chi connectivity index (χ4v) is 4.44. The monoisotopic (exact) mass is 414 g/mol. The maximum Gasteiger partial charge on any atom is 0.326 e. The maximum absolute atomic E-state index is 13.7. The van der Waals surface area contributed by atoms with Gasteiger partial charge in [-0.3, -0.25) is 10.1 Å². The summed E-state index contributed by atoms with van der Waals surface area (Å²) >= 11 is 0. The first-order valence-corrected chi connectivity index (χ1v) is 10.4. The smallest absolute Gasteiger partial charge is 0.308 e. The van der Waals surface area contributed by atoms with E-state index in [-0.39, 0.29) is 0 Å². The van der Waals surface area contributed by atoms with Crippen molar-refractivity contribution in [3.8, 4) is 0 Å². The molecule has 4 nitrogen and oxygen atoms in total. The summed E-state index contributed by atoms with van der Waals surface area (Å²) in [5, 5.41) is 4.50. The van der Waals surface area contributed by atoms with Gasteiger partial charge in [0.05, 0.1) is 0 Å². The van der Waals surface area contributed by atoms with Gasteiger partial charge in [0, 0.05) is 5.69 Å². The lowest BCUT2D eigenvalue weighted by molar-refractivity contribution is 0.0959. The van der Waals surface area contributed by atoms with Crippen molar-refractivity contribution in [2.24, 2.45) is 17.8 Å². The fourth-order valence-electron chi connectivity index (χ4n) is 4.44. The van der Waals surface area contributed by atoms with Crippen LogP contribution in [0.2, 0.25) is 0 Å². The molecule has 3 unspecified atom stereocenters. The van der Waals surface area contributed by atoms with E-state index in [0.717, 1.165) is 24.6 Å². The van der Waals surface area contributed by atoms with E-state index in [0.29, 0.717) is 29.4 Å². The van der Waals surface area contributed by atoms with Crippen LogP contribution in [0.25, 0.3) is 0 Å². The molecule has 6 heteroatoms. The van der Waals surface area contributed by atoms with Crippen LogP contribution in [0.15, 0.2) is 42.5 Å². The highest BCUT2D eigenvalue weighted by atomic mass is 19.1. The largest absolute Gasteiger partial charge is 0.326 e. The first-order valence-electron chi connectivity index (χ1n) is 10.4. The molecular weight excluding hydrogens is 386 g/mol. The number of amides is 3. The van der Waals surface area contributed by atoms with E-state index in [1.807, 2.05) is 17.4 Å². The Morgan fingerprint density at radius 1 is 1.00 bits per heavy atom. The number of nitrogens with one attached hydrogen (secondary N) is 2. The SMILES string of the molecule is CC1CCC(C(C)C)C(c2ccc(NC(=O)NC(=O)c3c(F)cccc3F)cc2)C1. The summed E-state index contributed by atoms with van der Waals surface area (Å²) in [4.78, 5) is 24.1. The van der Waals surface area contributed by atoms with E-state index in [2.05, 4.69) is 26.1 Å². The Balaban J connectivity index is 1.65. The molecule has 0 heterocycles. The fraction of sp³-hybridized carbons (Fsp3) is 0.417. The summed E-state index contributed by atoms with van der Waals surface area (Å²) in [5.41, 5.74) is 0.966. The van der Waals surface area contributed by atoms with E-state index in [1.165, 1.54) is 18.4 Å². The number of anilines is 1. The second kappa shape index (κ2) is 9.37. The summed E-state index contributed by atoms with van der Waals surface area (Å²) in [6.07, 6.45) is 3.63. The number of imide groups is 1.